The summed E-state index contributed by atoms with van der Waals surface area (Å²) < 4.78 is 13.0. The maximum Gasteiger partial charge on any atom is 0.225 e. The van der Waals surface area contributed by atoms with Crippen LogP contribution in [0.25, 0.3) is 0 Å². The number of benzene rings is 1. The molecule has 1 amide bonds. The lowest BCUT2D eigenvalue weighted by molar-refractivity contribution is -0.121. The molecule has 1 fully saturated rings. The normalized spacial score (nSPS) is 19.2. The summed E-state index contributed by atoms with van der Waals surface area (Å²) >= 11 is 0. The molecule has 4 heteroatoms. The maximum absolute atomic E-state index is 13.0. The molecule has 3 nitrogen and oxygen atoms in total. The molecule has 0 aliphatic carbocycles. The number of piperidine rings is 1. The van der Waals surface area contributed by atoms with Crippen LogP contribution in [0, 0.1) is 11.7 Å². The second-order valence-corrected chi connectivity index (χ2v) is 5.90. The highest BCUT2D eigenvalue weighted by atomic mass is 19.1. The zero-order valence-corrected chi connectivity index (χ0v) is 12.2. The zero-order valence-electron chi connectivity index (χ0n) is 12.2. The molecule has 0 spiro atoms. The van der Waals surface area contributed by atoms with Crippen molar-refractivity contribution in [2.75, 3.05) is 13.1 Å². The van der Waals surface area contributed by atoms with Gasteiger partial charge in [0.2, 0.25) is 5.91 Å². The quantitative estimate of drug-likeness (QED) is 0.920. The summed E-state index contributed by atoms with van der Waals surface area (Å²) in [5.74, 6) is -0.635. The average Bonchev–Trinajstić information content (AvgIpc) is 2.41. The van der Waals surface area contributed by atoms with Gasteiger partial charge in [-0.3, -0.25) is 4.79 Å². The summed E-state index contributed by atoms with van der Waals surface area (Å²) in [5.41, 5.74) is 6.42. The van der Waals surface area contributed by atoms with Gasteiger partial charge in [0.15, 0.2) is 0 Å². The SMILES string of the molecule is CC(C)N1CCC(C(C(N)=O)c2ccc(F)cc2)CC1. The van der Waals surface area contributed by atoms with Crippen LogP contribution in [0.1, 0.15) is 38.2 Å². The third kappa shape index (κ3) is 3.37. The minimum atomic E-state index is -0.306. The van der Waals surface area contributed by atoms with Crippen LogP contribution in [0.5, 0.6) is 0 Å². The van der Waals surface area contributed by atoms with Crippen molar-refractivity contribution >= 4 is 5.91 Å². The molecule has 1 aromatic rings. The number of carbonyl (C=O) groups is 1. The Morgan fingerprint density at radius 3 is 2.25 bits per heavy atom. The fourth-order valence-corrected chi connectivity index (χ4v) is 3.11. The second-order valence-electron chi connectivity index (χ2n) is 5.90. The van der Waals surface area contributed by atoms with Crippen LogP contribution in [0.4, 0.5) is 4.39 Å². The fraction of sp³-hybridized carbons (Fsp3) is 0.562. The van der Waals surface area contributed by atoms with E-state index in [0.717, 1.165) is 31.5 Å². The van der Waals surface area contributed by atoms with Crippen molar-refractivity contribution in [1.29, 1.82) is 0 Å². The summed E-state index contributed by atoms with van der Waals surface area (Å²) in [6.07, 6.45) is 1.92. The predicted octanol–water partition coefficient (Wildman–Crippen LogP) is 2.52. The maximum atomic E-state index is 13.0. The lowest BCUT2D eigenvalue weighted by Gasteiger charge is -2.37. The Kier molecular flexibility index (Phi) is 4.76. The third-order valence-electron chi connectivity index (χ3n) is 4.31. The number of hydrogen-bond acceptors (Lipinski definition) is 2. The molecule has 1 aromatic carbocycles. The highest BCUT2D eigenvalue weighted by molar-refractivity contribution is 5.82. The second kappa shape index (κ2) is 6.35. The Labute approximate surface area is 120 Å². The Balaban J connectivity index is 2.11. The van der Waals surface area contributed by atoms with Gasteiger partial charge in [0.25, 0.3) is 0 Å². The Morgan fingerprint density at radius 2 is 1.80 bits per heavy atom. The van der Waals surface area contributed by atoms with E-state index in [1.165, 1.54) is 12.1 Å². The highest BCUT2D eigenvalue weighted by Gasteiger charge is 2.31. The van der Waals surface area contributed by atoms with E-state index in [4.69, 9.17) is 5.73 Å². The van der Waals surface area contributed by atoms with Crippen LogP contribution in [-0.4, -0.2) is 29.9 Å². The molecule has 0 radical (unpaired) electrons. The smallest absolute Gasteiger partial charge is 0.225 e. The van der Waals surface area contributed by atoms with E-state index in [1.54, 1.807) is 12.1 Å². The minimum Gasteiger partial charge on any atom is -0.369 e. The van der Waals surface area contributed by atoms with Crippen LogP contribution in [0.2, 0.25) is 0 Å². The van der Waals surface area contributed by atoms with Crippen LogP contribution < -0.4 is 5.73 Å². The van der Waals surface area contributed by atoms with Gasteiger partial charge in [-0.15, -0.1) is 0 Å². The third-order valence-corrected chi connectivity index (χ3v) is 4.31. The number of halogens is 1. The molecule has 2 rings (SSSR count). The average molecular weight is 278 g/mol. The molecule has 0 aromatic heterocycles. The monoisotopic (exact) mass is 278 g/mol. The number of hydrogen-bond donors (Lipinski definition) is 1. The van der Waals surface area contributed by atoms with E-state index in [2.05, 4.69) is 18.7 Å². The summed E-state index contributed by atoms with van der Waals surface area (Å²) in [6, 6.07) is 6.69. The first kappa shape index (κ1) is 15.0. The lowest BCUT2D eigenvalue weighted by atomic mass is 9.79. The van der Waals surface area contributed by atoms with Crippen molar-refractivity contribution in [3.05, 3.63) is 35.6 Å². The number of likely N-dealkylation sites (tertiary alicyclic amines) is 1. The highest BCUT2D eigenvalue weighted by Crippen LogP contribution is 2.33. The summed E-state index contributed by atoms with van der Waals surface area (Å²) in [7, 11) is 0. The number of nitrogens with two attached hydrogens (primary N) is 1. The molecular formula is C16H23FN2O. The largest absolute Gasteiger partial charge is 0.369 e. The summed E-state index contributed by atoms with van der Waals surface area (Å²) in [4.78, 5) is 14.2. The van der Waals surface area contributed by atoms with Crippen molar-refractivity contribution in [2.45, 2.75) is 38.6 Å². The number of amides is 1. The molecule has 1 unspecified atom stereocenters. The van der Waals surface area contributed by atoms with Crippen LogP contribution in [0.3, 0.4) is 0 Å². The molecule has 110 valence electrons. The molecule has 1 aliphatic heterocycles. The molecular weight excluding hydrogens is 255 g/mol. The number of nitrogens with zero attached hydrogens (tertiary/aromatic N) is 1. The Bertz CT molecular complexity index is 450. The summed E-state index contributed by atoms with van der Waals surface area (Å²) in [5, 5.41) is 0. The van der Waals surface area contributed by atoms with Gasteiger partial charge >= 0.3 is 0 Å². The Hall–Kier alpha value is -1.42. The molecule has 20 heavy (non-hydrogen) atoms. The van der Waals surface area contributed by atoms with Gasteiger partial charge in [0, 0.05) is 6.04 Å². The van der Waals surface area contributed by atoms with E-state index >= 15 is 0 Å². The van der Waals surface area contributed by atoms with E-state index in [1.807, 2.05) is 0 Å². The first-order valence-electron chi connectivity index (χ1n) is 7.28. The molecule has 2 N–H and O–H groups in total. The van der Waals surface area contributed by atoms with Crippen molar-refractivity contribution in [3.8, 4) is 0 Å². The van der Waals surface area contributed by atoms with Crippen LogP contribution in [0.15, 0.2) is 24.3 Å². The van der Waals surface area contributed by atoms with Crippen LogP contribution >= 0.6 is 0 Å². The van der Waals surface area contributed by atoms with Gasteiger partial charge in [-0.05, 0) is 63.4 Å². The first-order chi connectivity index (χ1) is 9.49. The molecule has 1 heterocycles. The summed E-state index contributed by atoms with van der Waals surface area (Å²) in [6.45, 7) is 6.36. The topological polar surface area (TPSA) is 46.3 Å². The van der Waals surface area contributed by atoms with Crippen molar-refractivity contribution in [3.63, 3.8) is 0 Å². The first-order valence-corrected chi connectivity index (χ1v) is 7.28. The Morgan fingerprint density at radius 1 is 1.25 bits per heavy atom. The minimum absolute atomic E-state index is 0.257. The van der Waals surface area contributed by atoms with Crippen LogP contribution in [-0.2, 0) is 4.79 Å². The molecule has 0 bridgehead atoms. The van der Waals surface area contributed by atoms with E-state index in [0.29, 0.717) is 6.04 Å². The number of carbonyl (C=O) groups excluding carboxylic acids is 1. The van der Waals surface area contributed by atoms with Crippen molar-refractivity contribution in [1.82, 2.24) is 4.90 Å². The van der Waals surface area contributed by atoms with Gasteiger partial charge in [0.05, 0.1) is 5.92 Å². The van der Waals surface area contributed by atoms with Gasteiger partial charge in [-0.25, -0.2) is 4.39 Å². The lowest BCUT2D eigenvalue weighted by Crippen LogP contribution is -2.41. The standard InChI is InChI=1S/C16H23FN2O/c1-11(2)19-9-7-13(8-10-19)15(16(18)20)12-3-5-14(17)6-4-12/h3-6,11,13,15H,7-10H2,1-2H3,(H2,18,20). The molecule has 1 saturated heterocycles. The zero-order chi connectivity index (χ0) is 14.7. The fourth-order valence-electron chi connectivity index (χ4n) is 3.11. The van der Waals surface area contributed by atoms with E-state index < -0.39 is 0 Å². The van der Waals surface area contributed by atoms with E-state index in [9.17, 15) is 9.18 Å². The van der Waals surface area contributed by atoms with Gasteiger partial charge in [-0.2, -0.15) is 0 Å². The van der Waals surface area contributed by atoms with Crippen molar-refractivity contribution < 1.29 is 9.18 Å². The molecule has 1 atom stereocenters. The number of rotatable bonds is 4. The predicted molar refractivity (Wildman–Crippen MR) is 77.8 cm³/mol. The van der Waals surface area contributed by atoms with Gasteiger partial charge in [0.1, 0.15) is 5.82 Å². The van der Waals surface area contributed by atoms with Gasteiger partial charge < -0.3 is 10.6 Å². The van der Waals surface area contributed by atoms with Gasteiger partial charge in [-0.1, -0.05) is 12.1 Å². The van der Waals surface area contributed by atoms with E-state index in [-0.39, 0.29) is 23.6 Å². The molecule has 0 saturated carbocycles. The van der Waals surface area contributed by atoms with Crippen molar-refractivity contribution in [2.24, 2.45) is 11.7 Å². The molecule has 1 aliphatic rings. The number of primary amides is 1.